The molecule has 1 N–H and O–H groups in total. The molecule has 0 aliphatic carbocycles. The lowest BCUT2D eigenvalue weighted by Gasteiger charge is -2.05. The lowest BCUT2D eigenvalue weighted by atomic mass is 10.1. The van der Waals surface area contributed by atoms with Crippen LogP contribution >= 0.6 is 11.3 Å². The van der Waals surface area contributed by atoms with Crippen molar-refractivity contribution in [1.82, 2.24) is 25.1 Å². The van der Waals surface area contributed by atoms with Gasteiger partial charge in [0.25, 0.3) is 0 Å². The quantitative estimate of drug-likeness (QED) is 0.501. The third-order valence-corrected chi connectivity index (χ3v) is 5.61. The van der Waals surface area contributed by atoms with E-state index in [2.05, 4.69) is 35.2 Å². The predicted molar refractivity (Wildman–Crippen MR) is 114 cm³/mol. The molecule has 0 saturated heterocycles. The summed E-state index contributed by atoms with van der Waals surface area (Å²) in [5, 5.41) is 8.15. The zero-order valence-electron chi connectivity index (χ0n) is 16.6. The summed E-state index contributed by atoms with van der Waals surface area (Å²) in [6.45, 7) is 7.28. The number of aromatic nitrogens is 4. The molecule has 0 atom stereocenters. The number of thiophene rings is 1. The standard InChI is InChI=1S/C22H22FN5S/c1-14-9-26-18(12-25-14)11-24-10-17-13-28(21-7-5-4-6-20(21)23)27-22(17)19-8-15(2)29-16(19)3/h4-9,12-13,24H,10-11H2,1-3H3. The summed E-state index contributed by atoms with van der Waals surface area (Å²) in [5.74, 6) is -0.297. The largest absolute Gasteiger partial charge is 0.307 e. The number of hydrogen-bond acceptors (Lipinski definition) is 5. The Morgan fingerprint density at radius 3 is 2.59 bits per heavy atom. The van der Waals surface area contributed by atoms with E-state index in [-0.39, 0.29) is 5.82 Å². The SMILES string of the molecule is Cc1cnc(CNCc2cn(-c3ccccc3F)nc2-c2cc(C)sc2C)cn1. The van der Waals surface area contributed by atoms with E-state index in [0.29, 0.717) is 18.8 Å². The molecule has 3 heterocycles. The topological polar surface area (TPSA) is 55.6 Å². The van der Waals surface area contributed by atoms with E-state index in [1.54, 1.807) is 40.5 Å². The van der Waals surface area contributed by atoms with Gasteiger partial charge in [0.15, 0.2) is 0 Å². The van der Waals surface area contributed by atoms with Crippen molar-refractivity contribution < 1.29 is 4.39 Å². The van der Waals surface area contributed by atoms with Gasteiger partial charge >= 0.3 is 0 Å². The lowest BCUT2D eigenvalue weighted by molar-refractivity contribution is 0.611. The molecule has 0 bridgehead atoms. The molecule has 0 amide bonds. The first-order valence-electron chi connectivity index (χ1n) is 9.40. The van der Waals surface area contributed by atoms with Gasteiger partial charge in [-0.3, -0.25) is 9.97 Å². The molecule has 4 aromatic rings. The van der Waals surface area contributed by atoms with E-state index < -0.39 is 0 Å². The lowest BCUT2D eigenvalue weighted by Crippen LogP contribution is -2.14. The molecule has 0 unspecified atom stereocenters. The van der Waals surface area contributed by atoms with Crippen LogP contribution in [0.3, 0.4) is 0 Å². The van der Waals surface area contributed by atoms with Crippen LogP contribution < -0.4 is 5.32 Å². The summed E-state index contributed by atoms with van der Waals surface area (Å²) in [6, 6.07) is 8.82. The number of benzene rings is 1. The molecule has 148 valence electrons. The number of para-hydroxylation sites is 1. The Morgan fingerprint density at radius 2 is 1.90 bits per heavy atom. The van der Waals surface area contributed by atoms with Gasteiger partial charge in [-0.25, -0.2) is 9.07 Å². The van der Waals surface area contributed by atoms with Crippen LogP contribution in [-0.2, 0) is 13.1 Å². The summed E-state index contributed by atoms with van der Waals surface area (Å²) < 4.78 is 15.9. The Hall–Kier alpha value is -2.90. The summed E-state index contributed by atoms with van der Waals surface area (Å²) in [6.07, 6.45) is 5.43. The molecule has 0 radical (unpaired) electrons. The van der Waals surface area contributed by atoms with Gasteiger partial charge in [0.2, 0.25) is 0 Å². The van der Waals surface area contributed by atoms with Crippen molar-refractivity contribution in [3.05, 3.63) is 81.4 Å². The Labute approximate surface area is 173 Å². The Morgan fingerprint density at radius 1 is 1.07 bits per heavy atom. The van der Waals surface area contributed by atoms with Crippen LogP contribution in [0.25, 0.3) is 16.9 Å². The van der Waals surface area contributed by atoms with E-state index in [1.165, 1.54) is 15.8 Å². The maximum atomic E-state index is 14.3. The second kappa shape index (κ2) is 8.23. The molecular formula is C22H22FN5S. The highest BCUT2D eigenvalue weighted by Crippen LogP contribution is 2.32. The Kier molecular flexibility index (Phi) is 5.51. The fourth-order valence-corrected chi connectivity index (χ4v) is 4.15. The summed E-state index contributed by atoms with van der Waals surface area (Å²) >= 11 is 1.74. The summed E-state index contributed by atoms with van der Waals surface area (Å²) in [5.41, 5.74) is 5.18. The predicted octanol–water partition coefficient (Wildman–Crippen LogP) is 4.74. The van der Waals surface area contributed by atoms with Gasteiger partial charge in [-0.1, -0.05) is 12.1 Å². The van der Waals surface area contributed by atoms with Crippen LogP contribution in [0.1, 0.15) is 26.7 Å². The van der Waals surface area contributed by atoms with Crippen molar-refractivity contribution in [2.75, 3.05) is 0 Å². The van der Waals surface area contributed by atoms with Crippen LogP contribution in [0.4, 0.5) is 4.39 Å². The number of hydrogen-bond donors (Lipinski definition) is 1. The van der Waals surface area contributed by atoms with Gasteiger partial charge in [-0.2, -0.15) is 5.10 Å². The third kappa shape index (κ3) is 4.26. The number of aryl methyl sites for hydroxylation is 3. The highest BCUT2D eigenvalue weighted by atomic mass is 32.1. The minimum absolute atomic E-state index is 0.297. The van der Waals surface area contributed by atoms with Crippen molar-refractivity contribution in [3.63, 3.8) is 0 Å². The molecule has 0 aliphatic rings. The minimum atomic E-state index is -0.297. The average Bonchev–Trinajstić information content (AvgIpc) is 3.26. The van der Waals surface area contributed by atoms with Crippen LogP contribution in [0.5, 0.6) is 0 Å². The fraction of sp³-hybridized carbons (Fsp3) is 0.227. The molecule has 29 heavy (non-hydrogen) atoms. The van der Waals surface area contributed by atoms with Crippen molar-refractivity contribution in [1.29, 1.82) is 0 Å². The molecule has 0 spiro atoms. The highest BCUT2D eigenvalue weighted by Gasteiger charge is 2.17. The van der Waals surface area contributed by atoms with E-state index in [9.17, 15) is 4.39 Å². The maximum Gasteiger partial charge on any atom is 0.148 e. The fourth-order valence-electron chi connectivity index (χ4n) is 3.23. The summed E-state index contributed by atoms with van der Waals surface area (Å²) in [7, 11) is 0. The first-order valence-corrected chi connectivity index (χ1v) is 10.2. The minimum Gasteiger partial charge on any atom is -0.307 e. The van der Waals surface area contributed by atoms with Crippen molar-refractivity contribution in [2.45, 2.75) is 33.9 Å². The Balaban J connectivity index is 1.64. The molecule has 5 nitrogen and oxygen atoms in total. The van der Waals surface area contributed by atoms with Gasteiger partial charge in [0.1, 0.15) is 11.5 Å². The highest BCUT2D eigenvalue weighted by molar-refractivity contribution is 7.12. The second-order valence-corrected chi connectivity index (χ2v) is 8.44. The molecular weight excluding hydrogens is 385 g/mol. The molecule has 0 aliphatic heterocycles. The number of rotatable bonds is 6. The van der Waals surface area contributed by atoms with Crippen molar-refractivity contribution >= 4 is 11.3 Å². The maximum absolute atomic E-state index is 14.3. The van der Waals surface area contributed by atoms with E-state index in [0.717, 1.165) is 28.2 Å². The first kappa shape index (κ1) is 19.4. The molecule has 0 fully saturated rings. The van der Waals surface area contributed by atoms with Crippen molar-refractivity contribution in [2.24, 2.45) is 0 Å². The van der Waals surface area contributed by atoms with E-state index >= 15 is 0 Å². The van der Waals surface area contributed by atoms with Gasteiger partial charge in [-0.05, 0) is 39.0 Å². The Bertz CT molecular complexity index is 1130. The second-order valence-electron chi connectivity index (χ2n) is 6.98. The summed E-state index contributed by atoms with van der Waals surface area (Å²) in [4.78, 5) is 11.1. The van der Waals surface area contributed by atoms with Crippen LogP contribution in [-0.4, -0.2) is 19.7 Å². The van der Waals surface area contributed by atoms with E-state index in [1.807, 2.05) is 19.2 Å². The van der Waals surface area contributed by atoms with Gasteiger partial charge in [-0.15, -0.1) is 11.3 Å². The molecule has 3 aromatic heterocycles. The molecule has 4 rings (SSSR count). The number of nitrogens with one attached hydrogen (secondary N) is 1. The van der Waals surface area contributed by atoms with Gasteiger partial charge in [0.05, 0.1) is 17.1 Å². The zero-order chi connectivity index (χ0) is 20.4. The van der Waals surface area contributed by atoms with Crippen LogP contribution in [0.15, 0.2) is 48.9 Å². The van der Waals surface area contributed by atoms with E-state index in [4.69, 9.17) is 5.10 Å². The van der Waals surface area contributed by atoms with Crippen molar-refractivity contribution in [3.8, 4) is 16.9 Å². The molecule has 7 heteroatoms. The molecule has 0 saturated carbocycles. The average molecular weight is 408 g/mol. The normalized spacial score (nSPS) is 11.2. The van der Waals surface area contributed by atoms with Crippen LogP contribution in [0.2, 0.25) is 0 Å². The monoisotopic (exact) mass is 407 g/mol. The number of halogens is 1. The zero-order valence-corrected chi connectivity index (χ0v) is 17.4. The number of nitrogens with zero attached hydrogens (tertiary/aromatic N) is 4. The smallest absolute Gasteiger partial charge is 0.148 e. The third-order valence-electron chi connectivity index (χ3n) is 4.64. The van der Waals surface area contributed by atoms with Crippen LogP contribution in [0, 0.1) is 26.6 Å². The first-order chi connectivity index (χ1) is 14.0. The van der Waals surface area contributed by atoms with Gasteiger partial charge in [0, 0.05) is 52.6 Å². The molecule has 1 aromatic carbocycles. The van der Waals surface area contributed by atoms with Gasteiger partial charge < -0.3 is 5.32 Å².